The van der Waals surface area contributed by atoms with Gasteiger partial charge in [0, 0.05) is 5.92 Å². The van der Waals surface area contributed by atoms with Crippen molar-refractivity contribution in [2.75, 3.05) is 13.2 Å². The van der Waals surface area contributed by atoms with Crippen molar-refractivity contribution in [3.05, 3.63) is 24.0 Å². The van der Waals surface area contributed by atoms with Crippen molar-refractivity contribution in [2.45, 2.75) is 147 Å². The first-order valence-corrected chi connectivity index (χ1v) is 18.4. The molecule has 0 radical (unpaired) electrons. The van der Waals surface area contributed by atoms with E-state index in [0.29, 0.717) is 5.57 Å². The van der Waals surface area contributed by atoms with E-state index in [1.165, 1.54) is 6.26 Å². The van der Waals surface area contributed by atoms with Crippen molar-refractivity contribution in [3.63, 3.8) is 0 Å². The van der Waals surface area contributed by atoms with E-state index >= 15 is 0 Å². The maximum absolute atomic E-state index is 13.6. The van der Waals surface area contributed by atoms with Crippen LogP contribution < -0.4 is 0 Å². The van der Waals surface area contributed by atoms with Gasteiger partial charge < -0.3 is 43.0 Å². The molecule has 0 amide bonds. The van der Waals surface area contributed by atoms with Gasteiger partial charge in [-0.15, -0.1) is 0 Å². The molecule has 306 valence electrons. The summed E-state index contributed by atoms with van der Waals surface area (Å²) in [7, 11) is 0. The molecule has 3 rings (SSSR count). The highest BCUT2D eigenvalue weighted by atomic mass is 16.8. The molecule has 2 heterocycles. The van der Waals surface area contributed by atoms with E-state index in [4.69, 9.17) is 37.9 Å². The fraction of sp³-hybridized carbons (Fsp3) is 0.775. The average Bonchev–Trinajstić information content (AvgIpc) is 3.34. The van der Waals surface area contributed by atoms with Gasteiger partial charge in [0.05, 0.1) is 45.4 Å². The zero-order chi connectivity index (χ0) is 41.4. The fourth-order valence-corrected chi connectivity index (χ4v) is 5.35. The number of fused-ring (bicyclic) bond motifs is 1. The van der Waals surface area contributed by atoms with E-state index in [1.807, 2.05) is 0 Å². The first-order chi connectivity index (χ1) is 24.4. The second kappa shape index (κ2) is 16.3. The average molecular weight is 767 g/mol. The number of esters is 5. The first-order valence-electron chi connectivity index (χ1n) is 18.4. The van der Waals surface area contributed by atoms with Gasteiger partial charge in [0.1, 0.15) is 19.3 Å². The van der Waals surface area contributed by atoms with Crippen LogP contribution in [0.5, 0.6) is 0 Å². The second-order valence-corrected chi connectivity index (χ2v) is 19.4. The standard InChI is InChI=1S/C40H62O14/c1-36(2,3)31(42)48-19-21-18-23(41)22-16-17-47-29(25(21)22)54-30-28(53-35(46)40(13,14)15)27(52-34(45)39(10,11)12)26(51-33(44)38(7,8)9)24(50-30)20-49-32(43)37(4,5)6/h16-18,22-30,41H,19-20H2,1-15H3/t22-,23+,24+,25+,26+,27-,28+,29-,30-/m0/s1. The summed E-state index contributed by atoms with van der Waals surface area (Å²) in [6.45, 7) is 24.2. The van der Waals surface area contributed by atoms with Crippen molar-refractivity contribution >= 4 is 29.8 Å². The molecule has 14 heteroatoms. The third-order valence-electron chi connectivity index (χ3n) is 8.83. The number of aliphatic hydroxyl groups is 1. The van der Waals surface area contributed by atoms with Crippen molar-refractivity contribution in [1.29, 1.82) is 0 Å². The minimum atomic E-state index is -1.58. The summed E-state index contributed by atoms with van der Waals surface area (Å²) in [5, 5.41) is 11.0. The molecule has 2 aliphatic heterocycles. The Bertz CT molecular complexity index is 1460. The van der Waals surface area contributed by atoms with Crippen LogP contribution >= 0.6 is 0 Å². The van der Waals surface area contributed by atoms with Crippen LogP contribution in [-0.2, 0) is 61.9 Å². The topological polar surface area (TPSA) is 179 Å². The molecular weight excluding hydrogens is 704 g/mol. The lowest BCUT2D eigenvalue weighted by molar-refractivity contribution is -0.344. The molecular formula is C40H62O14. The van der Waals surface area contributed by atoms with Crippen LogP contribution in [0.15, 0.2) is 24.0 Å². The number of rotatable bonds is 9. The molecule has 0 bridgehead atoms. The Hall–Kier alpha value is -3.49. The summed E-state index contributed by atoms with van der Waals surface area (Å²) in [6, 6.07) is 0. The summed E-state index contributed by atoms with van der Waals surface area (Å²) in [6.07, 6.45) is -5.02. The van der Waals surface area contributed by atoms with Gasteiger partial charge >= 0.3 is 29.8 Å². The van der Waals surface area contributed by atoms with Crippen LogP contribution in [0.4, 0.5) is 0 Å². The molecule has 0 aromatic rings. The van der Waals surface area contributed by atoms with Crippen LogP contribution in [0.2, 0.25) is 0 Å². The minimum absolute atomic E-state index is 0.165. The highest BCUT2D eigenvalue weighted by Gasteiger charge is 2.57. The largest absolute Gasteiger partial charge is 0.472 e. The monoisotopic (exact) mass is 766 g/mol. The van der Waals surface area contributed by atoms with E-state index in [2.05, 4.69) is 0 Å². The van der Waals surface area contributed by atoms with Crippen molar-refractivity contribution < 1.29 is 67.0 Å². The van der Waals surface area contributed by atoms with E-state index in [1.54, 1.807) is 116 Å². The Morgan fingerprint density at radius 1 is 0.611 bits per heavy atom. The van der Waals surface area contributed by atoms with E-state index < -0.39 is 118 Å². The Morgan fingerprint density at radius 3 is 1.54 bits per heavy atom. The predicted octanol–water partition coefficient (Wildman–Crippen LogP) is 5.18. The van der Waals surface area contributed by atoms with E-state index in [-0.39, 0.29) is 6.61 Å². The molecule has 3 aliphatic rings. The molecule has 0 spiro atoms. The van der Waals surface area contributed by atoms with E-state index in [9.17, 15) is 29.1 Å². The first kappa shape index (κ1) is 44.9. The SMILES string of the molecule is CC(C)(C)C(=O)OCC1=C[C@@H](O)[C@@H]2C=CO[C@@H](O[C@@H]3O[C@H](COC(=O)C(C)(C)C)[C@@H](OC(=O)C(C)(C)C)[C@H](OC(=O)C(C)(C)C)[C@H]3OC(=O)C(C)(C)C)[C@H]12. The van der Waals surface area contributed by atoms with Gasteiger partial charge in [-0.05, 0) is 116 Å². The zero-order valence-electron chi connectivity index (χ0n) is 34.6. The molecule has 1 N–H and O–H groups in total. The highest BCUT2D eigenvalue weighted by molar-refractivity contribution is 5.78. The lowest BCUT2D eigenvalue weighted by Crippen LogP contribution is -2.65. The van der Waals surface area contributed by atoms with Gasteiger partial charge in [-0.2, -0.15) is 0 Å². The molecule has 1 fully saturated rings. The molecule has 9 atom stereocenters. The number of ether oxygens (including phenoxy) is 8. The molecule has 0 unspecified atom stereocenters. The van der Waals surface area contributed by atoms with Crippen molar-refractivity contribution in [3.8, 4) is 0 Å². The summed E-state index contributed by atoms with van der Waals surface area (Å²) in [4.78, 5) is 66.4. The van der Waals surface area contributed by atoms with Crippen LogP contribution in [0.1, 0.15) is 104 Å². The van der Waals surface area contributed by atoms with Gasteiger partial charge in [-0.25, -0.2) is 0 Å². The third kappa shape index (κ3) is 11.3. The van der Waals surface area contributed by atoms with Gasteiger partial charge in [0.25, 0.3) is 0 Å². The molecule has 0 aromatic carbocycles. The second-order valence-electron chi connectivity index (χ2n) is 19.4. The Morgan fingerprint density at radius 2 is 1.06 bits per heavy atom. The predicted molar refractivity (Wildman–Crippen MR) is 194 cm³/mol. The molecule has 0 saturated carbocycles. The summed E-state index contributed by atoms with van der Waals surface area (Å²) >= 11 is 0. The number of hydrogen-bond donors (Lipinski definition) is 1. The smallest absolute Gasteiger partial charge is 0.311 e. The van der Waals surface area contributed by atoms with Crippen LogP contribution in [0.3, 0.4) is 0 Å². The quantitative estimate of drug-likeness (QED) is 0.184. The van der Waals surface area contributed by atoms with Gasteiger partial charge in [0.2, 0.25) is 12.6 Å². The van der Waals surface area contributed by atoms with Gasteiger partial charge in [-0.1, -0.05) is 6.08 Å². The molecule has 1 saturated heterocycles. The summed E-state index contributed by atoms with van der Waals surface area (Å²) in [5.74, 6) is -4.42. The van der Waals surface area contributed by atoms with Crippen molar-refractivity contribution in [2.24, 2.45) is 38.9 Å². The number of carbonyl (C=O) groups is 5. The number of hydrogen-bond acceptors (Lipinski definition) is 14. The Labute approximate surface area is 319 Å². The maximum atomic E-state index is 13.6. The summed E-state index contributed by atoms with van der Waals surface area (Å²) in [5.41, 5.74) is -4.33. The third-order valence-corrected chi connectivity index (χ3v) is 8.83. The Kier molecular flexibility index (Phi) is 13.6. The van der Waals surface area contributed by atoms with Crippen molar-refractivity contribution in [1.82, 2.24) is 0 Å². The lowest BCUT2D eigenvalue weighted by atomic mass is 9.88. The minimum Gasteiger partial charge on any atom is -0.472 e. The lowest BCUT2D eigenvalue weighted by Gasteiger charge is -2.47. The van der Waals surface area contributed by atoms with Crippen LogP contribution in [0, 0.1) is 38.9 Å². The molecule has 14 nitrogen and oxygen atoms in total. The number of carbonyl (C=O) groups excluding carboxylic acids is 5. The highest BCUT2D eigenvalue weighted by Crippen LogP contribution is 2.43. The maximum Gasteiger partial charge on any atom is 0.311 e. The fourth-order valence-electron chi connectivity index (χ4n) is 5.35. The zero-order valence-corrected chi connectivity index (χ0v) is 34.6. The van der Waals surface area contributed by atoms with Crippen LogP contribution in [-0.4, -0.2) is 91.3 Å². The van der Waals surface area contributed by atoms with Gasteiger partial charge in [-0.3, -0.25) is 24.0 Å². The number of aliphatic hydroxyl groups excluding tert-OH is 1. The Balaban J connectivity index is 2.16. The van der Waals surface area contributed by atoms with Gasteiger partial charge in [0.15, 0.2) is 18.3 Å². The normalized spacial score (nSPS) is 28.9. The summed E-state index contributed by atoms with van der Waals surface area (Å²) < 4.78 is 48.3. The molecule has 1 aliphatic carbocycles. The molecule has 54 heavy (non-hydrogen) atoms. The van der Waals surface area contributed by atoms with Crippen LogP contribution in [0.25, 0.3) is 0 Å². The molecule has 0 aromatic heterocycles. The van der Waals surface area contributed by atoms with E-state index in [0.717, 1.165) is 0 Å².